The number of ether oxygens (including phenoxy) is 1. The summed E-state index contributed by atoms with van der Waals surface area (Å²) in [6.07, 6.45) is 2.54. The Kier molecular flexibility index (Phi) is 7.01. The maximum Gasteiger partial charge on any atom is 0.253 e. The van der Waals surface area contributed by atoms with E-state index in [-0.39, 0.29) is 23.5 Å². The van der Waals surface area contributed by atoms with E-state index in [1.165, 1.54) is 0 Å². The molecule has 0 fully saturated rings. The number of hydrogen-bond donors (Lipinski definition) is 1. The second-order valence-electron chi connectivity index (χ2n) is 7.54. The van der Waals surface area contributed by atoms with Crippen LogP contribution in [0.3, 0.4) is 0 Å². The van der Waals surface area contributed by atoms with Gasteiger partial charge in [0, 0.05) is 18.3 Å². The zero-order valence-electron chi connectivity index (χ0n) is 15.5. The summed E-state index contributed by atoms with van der Waals surface area (Å²) in [4.78, 5) is 18.8. The van der Waals surface area contributed by atoms with Crippen molar-refractivity contribution in [1.82, 2.24) is 15.2 Å². The highest BCUT2D eigenvalue weighted by Gasteiger charge is 2.26. The number of amides is 1. The van der Waals surface area contributed by atoms with Crippen molar-refractivity contribution < 1.29 is 9.53 Å². The van der Waals surface area contributed by atoms with Gasteiger partial charge in [0.05, 0.1) is 11.7 Å². The molecule has 1 atom stereocenters. The molecule has 5 nitrogen and oxygen atoms in total. The van der Waals surface area contributed by atoms with E-state index in [9.17, 15) is 4.79 Å². The maximum atomic E-state index is 12.5. The zero-order chi connectivity index (χ0) is 17.6. The van der Waals surface area contributed by atoms with Gasteiger partial charge in [-0.3, -0.25) is 4.79 Å². The SMILES string of the molecule is CC(C)Oc1ccc(C(=O)NC(CCN(C)C)C(C)(C)C)cn1. The first-order chi connectivity index (χ1) is 10.6. The molecule has 1 heterocycles. The van der Waals surface area contributed by atoms with Crippen molar-refractivity contribution in [3.05, 3.63) is 23.9 Å². The molecular formula is C18H31N3O2. The Hall–Kier alpha value is -1.62. The number of aromatic nitrogens is 1. The number of carbonyl (C=O) groups is 1. The molecular weight excluding hydrogens is 290 g/mol. The van der Waals surface area contributed by atoms with Crippen LogP contribution in [0.5, 0.6) is 5.88 Å². The molecule has 0 saturated carbocycles. The summed E-state index contributed by atoms with van der Waals surface area (Å²) < 4.78 is 5.50. The molecule has 130 valence electrons. The van der Waals surface area contributed by atoms with E-state index >= 15 is 0 Å². The van der Waals surface area contributed by atoms with Crippen LogP contribution in [0, 0.1) is 5.41 Å². The average molecular weight is 321 g/mol. The van der Waals surface area contributed by atoms with Gasteiger partial charge in [0.25, 0.3) is 5.91 Å². The molecule has 0 radical (unpaired) electrons. The van der Waals surface area contributed by atoms with Crippen LogP contribution < -0.4 is 10.1 Å². The lowest BCUT2D eigenvalue weighted by Crippen LogP contribution is -2.45. The molecule has 0 saturated heterocycles. The molecule has 1 amide bonds. The Morgan fingerprint density at radius 1 is 1.30 bits per heavy atom. The van der Waals surface area contributed by atoms with E-state index in [2.05, 4.69) is 36.0 Å². The van der Waals surface area contributed by atoms with Gasteiger partial charge in [0.15, 0.2) is 0 Å². The molecule has 1 rings (SSSR count). The standard InChI is InChI=1S/C18H31N3O2/c1-13(2)23-16-9-8-14(12-19-16)17(22)20-15(18(3,4)5)10-11-21(6)7/h8-9,12-13,15H,10-11H2,1-7H3,(H,20,22). The fourth-order valence-electron chi connectivity index (χ4n) is 2.18. The molecule has 0 aliphatic carbocycles. The highest BCUT2D eigenvalue weighted by atomic mass is 16.5. The first-order valence-electron chi connectivity index (χ1n) is 8.18. The molecule has 23 heavy (non-hydrogen) atoms. The first kappa shape index (κ1) is 19.4. The molecule has 0 bridgehead atoms. The van der Waals surface area contributed by atoms with Crippen LogP contribution in [0.15, 0.2) is 18.3 Å². The maximum absolute atomic E-state index is 12.5. The minimum Gasteiger partial charge on any atom is -0.475 e. The van der Waals surface area contributed by atoms with Gasteiger partial charge in [-0.15, -0.1) is 0 Å². The van der Waals surface area contributed by atoms with Gasteiger partial charge in [-0.05, 0) is 52.4 Å². The summed E-state index contributed by atoms with van der Waals surface area (Å²) in [7, 11) is 4.08. The second-order valence-corrected chi connectivity index (χ2v) is 7.54. The number of nitrogens with one attached hydrogen (secondary N) is 1. The van der Waals surface area contributed by atoms with Gasteiger partial charge in [0.1, 0.15) is 0 Å². The summed E-state index contributed by atoms with van der Waals surface area (Å²) >= 11 is 0. The summed E-state index contributed by atoms with van der Waals surface area (Å²) in [5.74, 6) is 0.448. The lowest BCUT2D eigenvalue weighted by molar-refractivity contribution is 0.0892. The minimum absolute atomic E-state index is 0.000205. The van der Waals surface area contributed by atoms with Gasteiger partial charge in [0.2, 0.25) is 5.88 Å². The first-order valence-corrected chi connectivity index (χ1v) is 8.18. The third kappa shape index (κ3) is 6.99. The number of hydrogen-bond acceptors (Lipinski definition) is 4. The van der Waals surface area contributed by atoms with Gasteiger partial charge in [-0.1, -0.05) is 20.8 Å². The van der Waals surface area contributed by atoms with Crippen LogP contribution >= 0.6 is 0 Å². The Labute approximate surface area is 140 Å². The summed E-state index contributed by atoms with van der Waals surface area (Å²) in [5, 5.41) is 3.14. The van der Waals surface area contributed by atoms with E-state index in [4.69, 9.17) is 4.74 Å². The van der Waals surface area contributed by atoms with Crippen molar-refractivity contribution in [2.24, 2.45) is 5.41 Å². The highest BCUT2D eigenvalue weighted by Crippen LogP contribution is 2.22. The van der Waals surface area contributed by atoms with Crippen molar-refractivity contribution in [1.29, 1.82) is 0 Å². The van der Waals surface area contributed by atoms with Crippen LogP contribution in [0.4, 0.5) is 0 Å². The Morgan fingerprint density at radius 2 is 1.96 bits per heavy atom. The largest absolute Gasteiger partial charge is 0.475 e. The van der Waals surface area contributed by atoms with Crippen molar-refractivity contribution >= 4 is 5.91 Å². The van der Waals surface area contributed by atoms with Crippen molar-refractivity contribution in [3.63, 3.8) is 0 Å². The third-order valence-electron chi connectivity index (χ3n) is 3.57. The molecule has 0 aliphatic heterocycles. The van der Waals surface area contributed by atoms with E-state index in [0.29, 0.717) is 11.4 Å². The molecule has 0 aliphatic rings. The van der Waals surface area contributed by atoms with Gasteiger partial charge in [-0.2, -0.15) is 0 Å². The highest BCUT2D eigenvalue weighted by molar-refractivity contribution is 5.94. The third-order valence-corrected chi connectivity index (χ3v) is 3.57. The molecule has 1 unspecified atom stereocenters. The van der Waals surface area contributed by atoms with Crippen LogP contribution in [0.1, 0.15) is 51.4 Å². The van der Waals surface area contributed by atoms with Gasteiger partial charge < -0.3 is 15.0 Å². The van der Waals surface area contributed by atoms with Crippen LogP contribution in [0.2, 0.25) is 0 Å². The predicted octanol–water partition coefficient (Wildman–Crippen LogP) is 2.97. The molecule has 1 N–H and O–H groups in total. The molecule has 5 heteroatoms. The minimum atomic E-state index is -0.0905. The predicted molar refractivity (Wildman–Crippen MR) is 93.9 cm³/mol. The molecule has 0 spiro atoms. The lowest BCUT2D eigenvalue weighted by Gasteiger charge is -2.32. The monoisotopic (exact) mass is 321 g/mol. The molecule has 1 aromatic rings. The Morgan fingerprint density at radius 3 is 2.39 bits per heavy atom. The van der Waals surface area contributed by atoms with E-state index in [0.717, 1.165) is 13.0 Å². The molecule has 0 aromatic carbocycles. The number of nitrogens with zero attached hydrogens (tertiary/aromatic N) is 2. The van der Waals surface area contributed by atoms with Crippen LogP contribution in [-0.2, 0) is 0 Å². The smallest absolute Gasteiger partial charge is 0.253 e. The van der Waals surface area contributed by atoms with Crippen molar-refractivity contribution in [2.75, 3.05) is 20.6 Å². The fourth-order valence-corrected chi connectivity index (χ4v) is 2.18. The molecule has 1 aromatic heterocycles. The average Bonchev–Trinajstić information content (AvgIpc) is 2.41. The van der Waals surface area contributed by atoms with Crippen LogP contribution in [-0.4, -0.2) is 48.6 Å². The normalized spacial score (nSPS) is 13.3. The number of pyridine rings is 1. The summed E-state index contributed by atoms with van der Waals surface area (Å²) in [5.41, 5.74) is 0.556. The van der Waals surface area contributed by atoms with E-state index in [1.807, 2.05) is 27.9 Å². The zero-order valence-corrected chi connectivity index (χ0v) is 15.5. The topological polar surface area (TPSA) is 54.5 Å². The quantitative estimate of drug-likeness (QED) is 0.839. The summed E-state index contributed by atoms with van der Waals surface area (Å²) in [6.45, 7) is 11.3. The fraction of sp³-hybridized carbons (Fsp3) is 0.667. The Balaban J connectivity index is 2.74. The van der Waals surface area contributed by atoms with E-state index < -0.39 is 0 Å². The summed E-state index contributed by atoms with van der Waals surface area (Å²) in [6, 6.07) is 3.59. The van der Waals surface area contributed by atoms with Gasteiger partial charge >= 0.3 is 0 Å². The second kappa shape index (κ2) is 8.29. The number of carbonyl (C=O) groups excluding carboxylic acids is 1. The van der Waals surface area contributed by atoms with E-state index in [1.54, 1.807) is 18.3 Å². The van der Waals surface area contributed by atoms with Gasteiger partial charge in [-0.25, -0.2) is 4.98 Å². The van der Waals surface area contributed by atoms with Crippen LogP contribution in [0.25, 0.3) is 0 Å². The Bertz CT molecular complexity index is 490. The van der Waals surface area contributed by atoms with Crippen molar-refractivity contribution in [2.45, 2.75) is 53.2 Å². The van der Waals surface area contributed by atoms with Crippen molar-refractivity contribution in [3.8, 4) is 5.88 Å². The lowest BCUT2D eigenvalue weighted by atomic mass is 9.84. The number of rotatable bonds is 7.